The number of aromatic amines is 1. The average molecular weight is 293 g/mol. The zero-order chi connectivity index (χ0) is 13.9. The molecule has 0 amide bonds. The van der Waals surface area contributed by atoms with Crippen LogP contribution in [0.5, 0.6) is 0 Å². The molecule has 1 atom stereocenters. The molecule has 1 heterocycles. The van der Waals surface area contributed by atoms with Gasteiger partial charge >= 0.3 is 4.87 Å². The van der Waals surface area contributed by atoms with E-state index in [9.17, 15) is 13.2 Å². The molecule has 0 aliphatic rings. The monoisotopic (exact) mass is 293 g/mol. The maximum atomic E-state index is 12.0. The van der Waals surface area contributed by atoms with Crippen molar-refractivity contribution in [2.24, 2.45) is 0 Å². The largest absolute Gasteiger partial charge is 0.315 e. The summed E-state index contributed by atoms with van der Waals surface area (Å²) in [6, 6.07) is -0.172. The minimum atomic E-state index is -3.60. The molecule has 0 saturated heterocycles. The normalized spacial score (nSPS) is 14.1. The summed E-state index contributed by atoms with van der Waals surface area (Å²) in [4.78, 5) is 15.2. The minimum absolute atomic E-state index is 0.0733. The summed E-state index contributed by atoms with van der Waals surface area (Å²) in [6.45, 7) is 4.19. The molecule has 1 aromatic heterocycles. The SMILES string of the molecule is Cc1[nH]c(=O)sc1S(=O)(=O)NC(C)CCN(C)C. The highest BCUT2D eigenvalue weighted by Crippen LogP contribution is 2.16. The average Bonchev–Trinajstić information content (AvgIpc) is 2.55. The van der Waals surface area contributed by atoms with E-state index in [2.05, 4.69) is 9.71 Å². The highest BCUT2D eigenvalue weighted by atomic mass is 32.2. The smallest absolute Gasteiger partial charge is 0.305 e. The highest BCUT2D eigenvalue weighted by molar-refractivity contribution is 7.91. The second kappa shape index (κ2) is 5.96. The summed E-state index contributed by atoms with van der Waals surface area (Å²) in [5.74, 6) is 0. The van der Waals surface area contributed by atoms with E-state index in [0.29, 0.717) is 23.5 Å². The van der Waals surface area contributed by atoms with Crippen LogP contribution in [0.2, 0.25) is 0 Å². The fourth-order valence-corrected chi connectivity index (χ4v) is 4.07. The van der Waals surface area contributed by atoms with Gasteiger partial charge in [-0.3, -0.25) is 4.79 Å². The third kappa shape index (κ3) is 4.20. The molecule has 0 aliphatic heterocycles. The van der Waals surface area contributed by atoms with E-state index in [0.717, 1.165) is 6.54 Å². The number of thiazole rings is 1. The Balaban J connectivity index is 2.76. The number of nitrogens with one attached hydrogen (secondary N) is 2. The number of rotatable bonds is 6. The first-order valence-electron chi connectivity index (χ1n) is 5.59. The molecule has 0 bridgehead atoms. The molecular weight excluding hydrogens is 274 g/mol. The van der Waals surface area contributed by atoms with Crippen molar-refractivity contribution in [2.45, 2.75) is 30.5 Å². The van der Waals surface area contributed by atoms with Crippen molar-refractivity contribution in [3.63, 3.8) is 0 Å². The third-order valence-corrected chi connectivity index (χ3v) is 5.59. The summed E-state index contributed by atoms with van der Waals surface area (Å²) in [5.41, 5.74) is 0.386. The summed E-state index contributed by atoms with van der Waals surface area (Å²) >= 11 is 0.716. The summed E-state index contributed by atoms with van der Waals surface area (Å²) in [7, 11) is 0.269. The van der Waals surface area contributed by atoms with Crippen LogP contribution < -0.4 is 9.60 Å². The van der Waals surface area contributed by atoms with Crippen LogP contribution in [0.25, 0.3) is 0 Å². The van der Waals surface area contributed by atoms with Gasteiger partial charge in [-0.25, -0.2) is 13.1 Å². The van der Waals surface area contributed by atoms with Gasteiger partial charge in [0.05, 0.1) is 0 Å². The van der Waals surface area contributed by atoms with Gasteiger partial charge in [-0.1, -0.05) is 11.3 Å². The van der Waals surface area contributed by atoms with Crippen LogP contribution in [0.1, 0.15) is 19.0 Å². The second-order valence-corrected chi connectivity index (χ2v) is 7.43. The van der Waals surface area contributed by atoms with Crippen LogP contribution in [-0.2, 0) is 10.0 Å². The Morgan fingerprint density at radius 2 is 2.06 bits per heavy atom. The number of hydrogen-bond acceptors (Lipinski definition) is 5. The van der Waals surface area contributed by atoms with Gasteiger partial charge in [0, 0.05) is 11.7 Å². The Hall–Kier alpha value is -0.700. The van der Waals surface area contributed by atoms with Crippen molar-refractivity contribution in [1.82, 2.24) is 14.6 Å². The molecule has 1 unspecified atom stereocenters. The Labute approximate surface area is 111 Å². The predicted molar refractivity (Wildman–Crippen MR) is 72.6 cm³/mol. The van der Waals surface area contributed by atoms with E-state index in [1.807, 2.05) is 25.9 Å². The molecule has 0 saturated carbocycles. The predicted octanol–water partition coefficient (Wildman–Crippen LogP) is 0.363. The Morgan fingerprint density at radius 1 is 1.44 bits per heavy atom. The maximum Gasteiger partial charge on any atom is 0.305 e. The van der Waals surface area contributed by atoms with Gasteiger partial charge in [-0.2, -0.15) is 0 Å². The molecule has 0 radical (unpaired) electrons. The number of H-pyrrole nitrogens is 1. The van der Waals surface area contributed by atoms with Crippen LogP contribution in [0, 0.1) is 6.92 Å². The molecule has 104 valence electrons. The van der Waals surface area contributed by atoms with E-state index < -0.39 is 10.0 Å². The molecule has 6 nitrogen and oxygen atoms in total. The summed E-state index contributed by atoms with van der Waals surface area (Å²) < 4.78 is 26.7. The van der Waals surface area contributed by atoms with Gasteiger partial charge in [0.15, 0.2) is 4.21 Å². The number of sulfonamides is 1. The molecule has 8 heteroatoms. The quantitative estimate of drug-likeness (QED) is 0.793. The van der Waals surface area contributed by atoms with Crippen LogP contribution >= 0.6 is 11.3 Å². The molecule has 0 aliphatic carbocycles. The Kier molecular flexibility index (Phi) is 5.09. The number of aromatic nitrogens is 1. The van der Waals surface area contributed by atoms with Gasteiger partial charge in [0.1, 0.15) is 0 Å². The van der Waals surface area contributed by atoms with Gasteiger partial charge in [-0.05, 0) is 40.9 Å². The van der Waals surface area contributed by atoms with Gasteiger partial charge in [0.25, 0.3) is 10.0 Å². The first-order valence-corrected chi connectivity index (χ1v) is 7.89. The van der Waals surface area contributed by atoms with Crippen molar-refractivity contribution < 1.29 is 8.42 Å². The van der Waals surface area contributed by atoms with Crippen molar-refractivity contribution in [3.8, 4) is 0 Å². The van der Waals surface area contributed by atoms with Crippen LogP contribution in [0.4, 0.5) is 0 Å². The summed E-state index contributed by atoms with van der Waals surface area (Å²) in [6.07, 6.45) is 0.713. The van der Waals surface area contributed by atoms with Crippen molar-refractivity contribution in [3.05, 3.63) is 15.4 Å². The minimum Gasteiger partial charge on any atom is -0.315 e. The number of aryl methyl sites for hydroxylation is 1. The second-order valence-electron chi connectivity index (χ2n) is 4.54. The number of hydrogen-bond donors (Lipinski definition) is 2. The van der Waals surface area contributed by atoms with Crippen molar-refractivity contribution >= 4 is 21.4 Å². The fourth-order valence-electron chi connectivity index (χ4n) is 1.48. The van der Waals surface area contributed by atoms with E-state index in [1.54, 1.807) is 6.92 Å². The lowest BCUT2D eigenvalue weighted by molar-refractivity contribution is 0.379. The fraction of sp³-hybridized carbons (Fsp3) is 0.700. The molecule has 18 heavy (non-hydrogen) atoms. The first kappa shape index (κ1) is 15.4. The van der Waals surface area contributed by atoms with Crippen LogP contribution in [-0.4, -0.2) is 45.0 Å². The molecule has 0 spiro atoms. The lowest BCUT2D eigenvalue weighted by Crippen LogP contribution is -2.34. The molecule has 2 N–H and O–H groups in total. The summed E-state index contributed by atoms with van der Waals surface area (Å²) in [5, 5.41) is 0. The lowest BCUT2D eigenvalue weighted by atomic mass is 10.2. The number of nitrogens with zero attached hydrogens (tertiary/aromatic N) is 1. The van der Waals surface area contributed by atoms with E-state index >= 15 is 0 Å². The molecular formula is C10H19N3O3S2. The highest BCUT2D eigenvalue weighted by Gasteiger charge is 2.22. The van der Waals surface area contributed by atoms with E-state index in [-0.39, 0.29) is 15.1 Å². The van der Waals surface area contributed by atoms with Crippen LogP contribution in [0.15, 0.2) is 9.00 Å². The standard InChI is InChI=1S/C10H19N3O3S2/c1-7(5-6-13(3)4)12-18(15,16)9-8(2)11-10(14)17-9/h7,12H,5-6H2,1-4H3,(H,11,14). The zero-order valence-electron chi connectivity index (χ0n) is 11.0. The van der Waals surface area contributed by atoms with Crippen LogP contribution in [0.3, 0.4) is 0 Å². The van der Waals surface area contributed by atoms with Gasteiger partial charge < -0.3 is 9.88 Å². The zero-order valence-corrected chi connectivity index (χ0v) is 12.6. The lowest BCUT2D eigenvalue weighted by Gasteiger charge is -2.16. The third-order valence-electron chi connectivity index (χ3n) is 2.39. The van der Waals surface area contributed by atoms with Crippen molar-refractivity contribution in [1.29, 1.82) is 0 Å². The molecule has 0 aromatic carbocycles. The molecule has 0 fully saturated rings. The first-order chi connectivity index (χ1) is 8.22. The Morgan fingerprint density at radius 3 is 2.50 bits per heavy atom. The maximum absolute atomic E-state index is 12.0. The molecule has 1 aromatic rings. The molecule has 1 rings (SSSR count). The topological polar surface area (TPSA) is 82.3 Å². The van der Waals surface area contributed by atoms with Gasteiger partial charge in [-0.15, -0.1) is 0 Å². The van der Waals surface area contributed by atoms with Crippen molar-refractivity contribution in [2.75, 3.05) is 20.6 Å². The van der Waals surface area contributed by atoms with E-state index in [1.165, 1.54) is 0 Å². The van der Waals surface area contributed by atoms with Gasteiger partial charge in [0.2, 0.25) is 0 Å². The Bertz CT molecular complexity index is 545. The van der Waals surface area contributed by atoms with E-state index in [4.69, 9.17) is 0 Å².